The molecule has 0 bridgehead atoms. The van der Waals surface area contributed by atoms with E-state index in [-0.39, 0.29) is 0 Å². The number of nitrogen functional groups attached to an aromatic ring is 1. The maximum Gasteiger partial charge on any atom is 0.213 e. The van der Waals surface area contributed by atoms with Crippen molar-refractivity contribution in [1.29, 1.82) is 0 Å². The first-order valence-corrected chi connectivity index (χ1v) is 8.52. The first kappa shape index (κ1) is 15.6. The highest BCUT2D eigenvalue weighted by atomic mass is 16.5. The molecule has 0 saturated heterocycles. The van der Waals surface area contributed by atoms with Gasteiger partial charge >= 0.3 is 0 Å². The van der Waals surface area contributed by atoms with Gasteiger partial charge < -0.3 is 15.0 Å². The fourth-order valence-electron chi connectivity index (χ4n) is 2.82. The van der Waals surface area contributed by atoms with Gasteiger partial charge in [-0.2, -0.15) is 0 Å². The standard InChI is InChI=1S/C19H20N4O2/c20-19-16(5-2-8-21-19)17-10-15(23-25-17)9-14-6-7-18(22-11-14)24-12-13-3-1-4-13/h2,5-8,10-11,13H,1,3-4,9,12H2,(H2,20,21). The molecule has 1 saturated carbocycles. The summed E-state index contributed by atoms with van der Waals surface area (Å²) in [6, 6.07) is 9.49. The number of aromatic nitrogens is 3. The number of hydrogen-bond acceptors (Lipinski definition) is 6. The maximum atomic E-state index is 5.87. The quantitative estimate of drug-likeness (QED) is 0.741. The fraction of sp³-hybridized carbons (Fsp3) is 0.316. The third-order valence-corrected chi connectivity index (χ3v) is 4.54. The van der Waals surface area contributed by atoms with Gasteiger partial charge in [-0.3, -0.25) is 0 Å². The molecule has 3 aromatic rings. The molecule has 6 heteroatoms. The zero-order valence-corrected chi connectivity index (χ0v) is 13.9. The van der Waals surface area contributed by atoms with E-state index in [2.05, 4.69) is 15.1 Å². The van der Waals surface area contributed by atoms with Gasteiger partial charge in [0.1, 0.15) is 5.82 Å². The third kappa shape index (κ3) is 3.63. The van der Waals surface area contributed by atoms with Crippen molar-refractivity contribution in [2.45, 2.75) is 25.7 Å². The number of rotatable bonds is 6. The Morgan fingerprint density at radius 2 is 2.12 bits per heavy atom. The largest absolute Gasteiger partial charge is 0.477 e. The number of anilines is 1. The molecule has 0 unspecified atom stereocenters. The molecular weight excluding hydrogens is 316 g/mol. The summed E-state index contributed by atoms with van der Waals surface area (Å²) in [4.78, 5) is 8.44. The smallest absolute Gasteiger partial charge is 0.213 e. The van der Waals surface area contributed by atoms with Gasteiger partial charge in [0.2, 0.25) is 5.88 Å². The van der Waals surface area contributed by atoms with Crippen molar-refractivity contribution in [3.8, 4) is 17.2 Å². The molecule has 3 aromatic heterocycles. The molecule has 0 spiro atoms. The summed E-state index contributed by atoms with van der Waals surface area (Å²) in [6.07, 6.45) is 7.98. The average molecular weight is 336 g/mol. The van der Waals surface area contributed by atoms with Crippen LogP contribution in [-0.4, -0.2) is 21.7 Å². The topological polar surface area (TPSA) is 87.1 Å². The predicted molar refractivity (Wildman–Crippen MR) is 94.0 cm³/mol. The second-order valence-corrected chi connectivity index (χ2v) is 6.41. The Morgan fingerprint density at radius 1 is 1.20 bits per heavy atom. The molecule has 6 nitrogen and oxygen atoms in total. The highest BCUT2D eigenvalue weighted by Crippen LogP contribution is 2.27. The molecule has 128 valence electrons. The second kappa shape index (κ2) is 6.93. The lowest BCUT2D eigenvalue weighted by Crippen LogP contribution is -2.19. The average Bonchev–Trinajstić information content (AvgIpc) is 3.04. The maximum absolute atomic E-state index is 5.87. The highest BCUT2D eigenvalue weighted by Gasteiger charge is 2.18. The minimum atomic E-state index is 0.430. The summed E-state index contributed by atoms with van der Waals surface area (Å²) in [5.74, 6) is 2.43. The Hall–Kier alpha value is -2.89. The van der Waals surface area contributed by atoms with Gasteiger partial charge in [0, 0.05) is 30.9 Å². The first-order chi connectivity index (χ1) is 12.3. The van der Waals surface area contributed by atoms with Crippen LogP contribution in [0.25, 0.3) is 11.3 Å². The Labute approximate surface area is 146 Å². The number of pyridine rings is 2. The number of hydrogen-bond donors (Lipinski definition) is 1. The molecule has 0 aromatic carbocycles. The monoisotopic (exact) mass is 336 g/mol. The molecule has 0 radical (unpaired) electrons. The zero-order chi connectivity index (χ0) is 17.1. The van der Waals surface area contributed by atoms with Crippen molar-refractivity contribution < 1.29 is 9.26 Å². The number of ether oxygens (including phenoxy) is 1. The van der Waals surface area contributed by atoms with Crippen molar-refractivity contribution in [2.75, 3.05) is 12.3 Å². The van der Waals surface area contributed by atoms with Crippen LogP contribution in [0.15, 0.2) is 47.2 Å². The summed E-state index contributed by atoms with van der Waals surface area (Å²) in [6.45, 7) is 0.769. The van der Waals surface area contributed by atoms with E-state index in [1.54, 1.807) is 6.20 Å². The summed E-state index contributed by atoms with van der Waals surface area (Å²) < 4.78 is 11.1. The molecule has 1 aliphatic rings. The first-order valence-electron chi connectivity index (χ1n) is 8.52. The Balaban J connectivity index is 1.39. The van der Waals surface area contributed by atoms with Crippen molar-refractivity contribution in [1.82, 2.24) is 15.1 Å². The van der Waals surface area contributed by atoms with Crippen LogP contribution >= 0.6 is 0 Å². The second-order valence-electron chi connectivity index (χ2n) is 6.41. The van der Waals surface area contributed by atoms with E-state index in [1.807, 2.05) is 36.5 Å². The van der Waals surface area contributed by atoms with Crippen LogP contribution in [-0.2, 0) is 6.42 Å². The third-order valence-electron chi connectivity index (χ3n) is 4.54. The van der Waals surface area contributed by atoms with E-state index >= 15 is 0 Å². The lowest BCUT2D eigenvalue weighted by Gasteiger charge is -2.24. The van der Waals surface area contributed by atoms with Gasteiger partial charge in [0.25, 0.3) is 0 Å². The van der Waals surface area contributed by atoms with Gasteiger partial charge in [-0.25, -0.2) is 9.97 Å². The van der Waals surface area contributed by atoms with Crippen LogP contribution in [0.1, 0.15) is 30.5 Å². The van der Waals surface area contributed by atoms with Crippen LogP contribution in [0.5, 0.6) is 5.88 Å². The van der Waals surface area contributed by atoms with E-state index in [1.165, 1.54) is 19.3 Å². The van der Waals surface area contributed by atoms with Gasteiger partial charge in [-0.05, 0) is 36.5 Å². The molecule has 1 aliphatic carbocycles. The summed E-state index contributed by atoms with van der Waals surface area (Å²) in [5, 5.41) is 4.11. The van der Waals surface area contributed by atoms with Crippen molar-refractivity contribution in [3.63, 3.8) is 0 Å². The van der Waals surface area contributed by atoms with E-state index in [4.69, 9.17) is 15.0 Å². The van der Waals surface area contributed by atoms with E-state index in [0.29, 0.717) is 29.8 Å². The van der Waals surface area contributed by atoms with Gasteiger partial charge in [-0.1, -0.05) is 17.6 Å². The van der Waals surface area contributed by atoms with Crippen LogP contribution in [0.2, 0.25) is 0 Å². The summed E-state index contributed by atoms with van der Waals surface area (Å²) in [5.41, 5.74) is 8.49. The summed E-state index contributed by atoms with van der Waals surface area (Å²) in [7, 11) is 0. The van der Waals surface area contributed by atoms with Crippen molar-refractivity contribution >= 4 is 5.82 Å². The zero-order valence-electron chi connectivity index (χ0n) is 13.9. The van der Waals surface area contributed by atoms with E-state index in [0.717, 1.165) is 23.4 Å². The lowest BCUT2D eigenvalue weighted by molar-refractivity contribution is 0.175. The van der Waals surface area contributed by atoms with Crippen molar-refractivity contribution in [3.05, 3.63) is 54.0 Å². The minimum Gasteiger partial charge on any atom is -0.477 e. The number of nitrogens with zero attached hydrogens (tertiary/aromatic N) is 3. The molecule has 4 rings (SSSR count). The van der Waals surface area contributed by atoms with Crippen LogP contribution < -0.4 is 10.5 Å². The molecule has 0 atom stereocenters. The van der Waals surface area contributed by atoms with Gasteiger partial charge in [-0.15, -0.1) is 0 Å². The van der Waals surface area contributed by atoms with E-state index < -0.39 is 0 Å². The minimum absolute atomic E-state index is 0.430. The molecule has 0 amide bonds. The molecule has 2 N–H and O–H groups in total. The lowest BCUT2D eigenvalue weighted by atomic mass is 9.86. The van der Waals surface area contributed by atoms with Gasteiger partial charge in [0.05, 0.1) is 17.9 Å². The number of nitrogens with two attached hydrogens (primary N) is 1. The molecular formula is C19H20N4O2. The van der Waals surface area contributed by atoms with Crippen LogP contribution in [0.3, 0.4) is 0 Å². The highest BCUT2D eigenvalue weighted by molar-refractivity contribution is 5.69. The molecule has 25 heavy (non-hydrogen) atoms. The Morgan fingerprint density at radius 3 is 2.84 bits per heavy atom. The molecule has 1 fully saturated rings. The Bertz CT molecular complexity index is 841. The molecule has 3 heterocycles. The normalized spacial score (nSPS) is 14.2. The predicted octanol–water partition coefficient (Wildman–Crippen LogP) is 3.48. The van der Waals surface area contributed by atoms with Crippen molar-refractivity contribution in [2.24, 2.45) is 5.92 Å². The fourth-order valence-corrected chi connectivity index (χ4v) is 2.82. The van der Waals surface area contributed by atoms with E-state index in [9.17, 15) is 0 Å². The van der Waals surface area contributed by atoms with Crippen LogP contribution in [0, 0.1) is 5.92 Å². The Kier molecular flexibility index (Phi) is 4.33. The van der Waals surface area contributed by atoms with Gasteiger partial charge in [0.15, 0.2) is 5.76 Å². The summed E-state index contributed by atoms with van der Waals surface area (Å²) >= 11 is 0. The SMILES string of the molecule is Nc1ncccc1-c1cc(Cc2ccc(OCC3CCC3)nc2)no1. The molecule has 0 aliphatic heterocycles. The van der Waals surface area contributed by atoms with Crippen LogP contribution in [0.4, 0.5) is 5.82 Å².